The maximum Gasteiger partial charge on any atom is 0.242 e. The second-order valence-corrected chi connectivity index (χ2v) is 6.73. The van der Waals surface area contributed by atoms with Crippen molar-refractivity contribution in [2.75, 3.05) is 6.54 Å². The third-order valence-electron chi connectivity index (χ3n) is 4.72. The summed E-state index contributed by atoms with van der Waals surface area (Å²) in [4.78, 5) is 24.1. The minimum Gasteiger partial charge on any atom is -0.355 e. The normalized spacial score (nSPS) is 28.0. The van der Waals surface area contributed by atoms with Crippen LogP contribution in [0.2, 0.25) is 0 Å². The van der Waals surface area contributed by atoms with Crippen LogP contribution >= 0.6 is 0 Å². The zero-order valence-electron chi connectivity index (χ0n) is 13.6. The summed E-state index contributed by atoms with van der Waals surface area (Å²) in [6.07, 6.45) is 4.06. The molecule has 0 aromatic carbocycles. The molecule has 1 aliphatic carbocycles. The van der Waals surface area contributed by atoms with E-state index in [2.05, 4.69) is 24.5 Å². The van der Waals surface area contributed by atoms with Gasteiger partial charge in [-0.15, -0.1) is 0 Å². The summed E-state index contributed by atoms with van der Waals surface area (Å²) < 4.78 is 0. The molecule has 0 radical (unpaired) electrons. The van der Waals surface area contributed by atoms with Gasteiger partial charge in [-0.3, -0.25) is 9.59 Å². The van der Waals surface area contributed by atoms with Crippen LogP contribution in [-0.2, 0) is 9.59 Å². The second kappa shape index (κ2) is 7.09. The first kappa shape index (κ1) is 17.0. The van der Waals surface area contributed by atoms with Crippen LogP contribution in [0.1, 0.15) is 60.3 Å². The summed E-state index contributed by atoms with van der Waals surface area (Å²) >= 11 is 0. The van der Waals surface area contributed by atoms with E-state index >= 15 is 0 Å². The van der Waals surface area contributed by atoms with E-state index in [9.17, 15) is 9.59 Å². The van der Waals surface area contributed by atoms with Gasteiger partial charge in [0.2, 0.25) is 11.8 Å². The Labute approximate surface area is 123 Å². The fraction of sp³-hybridized carbons (Fsp3) is 0.875. The third-order valence-corrected chi connectivity index (χ3v) is 4.72. The molecule has 1 aliphatic rings. The third kappa shape index (κ3) is 4.22. The molecule has 20 heavy (non-hydrogen) atoms. The molecule has 0 spiro atoms. The highest BCUT2D eigenvalue weighted by molar-refractivity contribution is 5.89. The van der Waals surface area contributed by atoms with E-state index in [4.69, 9.17) is 0 Å². The van der Waals surface area contributed by atoms with Crippen molar-refractivity contribution in [1.82, 2.24) is 10.6 Å². The van der Waals surface area contributed by atoms with Gasteiger partial charge < -0.3 is 10.6 Å². The van der Waals surface area contributed by atoms with Gasteiger partial charge in [0.05, 0.1) is 0 Å². The van der Waals surface area contributed by atoms with E-state index < -0.39 is 6.04 Å². The van der Waals surface area contributed by atoms with Crippen molar-refractivity contribution in [3.05, 3.63) is 0 Å². The first-order chi connectivity index (χ1) is 9.30. The van der Waals surface area contributed by atoms with Crippen molar-refractivity contribution in [1.29, 1.82) is 0 Å². The van der Waals surface area contributed by atoms with Crippen molar-refractivity contribution in [2.45, 2.75) is 66.3 Å². The molecule has 0 aromatic rings. The average molecular weight is 282 g/mol. The first-order valence-corrected chi connectivity index (χ1v) is 7.89. The minimum atomic E-state index is -0.456. The van der Waals surface area contributed by atoms with Gasteiger partial charge in [0.25, 0.3) is 0 Å². The summed E-state index contributed by atoms with van der Waals surface area (Å²) in [7, 11) is 0. The summed E-state index contributed by atoms with van der Waals surface area (Å²) in [6, 6.07) is -0.456. The largest absolute Gasteiger partial charge is 0.355 e. The number of likely N-dealkylation sites (N-methyl/N-ethyl adjacent to an activating group) is 1. The lowest BCUT2D eigenvalue weighted by molar-refractivity contribution is -0.136. The number of hydrogen-bond acceptors (Lipinski definition) is 2. The Kier molecular flexibility index (Phi) is 6.03. The predicted octanol–water partition coefficient (Wildman–Crippen LogP) is 2.48. The lowest BCUT2D eigenvalue weighted by atomic mass is 9.68. The Morgan fingerprint density at radius 2 is 1.75 bits per heavy atom. The summed E-state index contributed by atoms with van der Waals surface area (Å²) in [5.74, 6) is 1.34. The van der Waals surface area contributed by atoms with Crippen LogP contribution in [0.4, 0.5) is 0 Å². The number of carbonyl (C=O) groups is 2. The second-order valence-electron chi connectivity index (χ2n) is 6.73. The Hall–Kier alpha value is -1.06. The molecule has 4 nitrogen and oxygen atoms in total. The number of carbonyl (C=O) groups excluding carboxylic acids is 2. The van der Waals surface area contributed by atoms with Gasteiger partial charge in [-0.2, -0.15) is 0 Å². The van der Waals surface area contributed by atoms with Crippen LogP contribution in [0, 0.1) is 17.3 Å². The van der Waals surface area contributed by atoms with Crippen LogP contribution in [0.25, 0.3) is 0 Å². The molecule has 116 valence electrons. The van der Waals surface area contributed by atoms with E-state index in [-0.39, 0.29) is 17.2 Å². The van der Waals surface area contributed by atoms with Gasteiger partial charge in [-0.25, -0.2) is 0 Å². The van der Waals surface area contributed by atoms with Crippen LogP contribution in [-0.4, -0.2) is 24.4 Å². The molecule has 4 heteroatoms. The molecule has 0 unspecified atom stereocenters. The topological polar surface area (TPSA) is 58.2 Å². The molecule has 1 saturated carbocycles. The van der Waals surface area contributed by atoms with Gasteiger partial charge in [0, 0.05) is 12.0 Å². The SMILES string of the molecule is CCNC(=O)[C@H](C)NC(=O)C1(C)CCC(C(C)C)CC1. The van der Waals surface area contributed by atoms with E-state index in [0.717, 1.165) is 31.6 Å². The quantitative estimate of drug-likeness (QED) is 0.814. The number of amides is 2. The molecule has 2 amide bonds. The molecule has 0 aliphatic heterocycles. The molecule has 1 rings (SSSR count). The van der Waals surface area contributed by atoms with Crippen LogP contribution < -0.4 is 10.6 Å². The molecular formula is C16H30N2O2. The van der Waals surface area contributed by atoms with Crippen molar-refractivity contribution in [3.8, 4) is 0 Å². The Morgan fingerprint density at radius 3 is 2.20 bits per heavy atom. The van der Waals surface area contributed by atoms with Crippen molar-refractivity contribution in [2.24, 2.45) is 17.3 Å². The van der Waals surface area contributed by atoms with Crippen LogP contribution in [0.15, 0.2) is 0 Å². The van der Waals surface area contributed by atoms with Crippen molar-refractivity contribution in [3.63, 3.8) is 0 Å². The van der Waals surface area contributed by atoms with Gasteiger partial charge in [0.1, 0.15) is 6.04 Å². The maximum atomic E-state index is 12.4. The zero-order chi connectivity index (χ0) is 15.3. The van der Waals surface area contributed by atoms with Crippen molar-refractivity contribution >= 4 is 11.8 Å². The first-order valence-electron chi connectivity index (χ1n) is 7.89. The van der Waals surface area contributed by atoms with Gasteiger partial charge >= 0.3 is 0 Å². The summed E-state index contributed by atoms with van der Waals surface area (Å²) in [5.41, 5.74) is -0.313. The van der Waals surface area contributed by atoms with Gasteiger partial charge in [0.15, 0.2) is 0 Å². The van der Waals surface area contributed by atoms with Gasteiger partial charge in [-0.05, 0) is 51.4 Å². The Balaban J connectivity index is 2.53. The smallest absolute Gasteiger partial charge is 0.242 e. The molecule has 1 atom stereocenters. The molecule has 0 aromatic heterocycles. The highest BCUT2D eigenvalue weighted by Gasteiger charge is 2.38. The van der Waals surface area contributed by atoms with Crippen molar-refractivity contribution < 1.29 is 9.59 Å². The zero-order valence-corrected chi connectivity index (χ0v) is 13.6. The standard InChI is InChI=1S/C16H30N2O2/c1-6-17-14(19)12(4)18-15(20)16(5)9-7-13(8-10-16)11(2)3/h11-13H,6-10H2,1-5H3,(H,17,19)(H,18,20)/t12-,13?,16?/m0/s1. The van der Waals surface area contributed by atoms with E-state index in [1.54, 1.807) is 6.92 Å². The van der Waals surface area contributed by atoms with Crippen LogP contribution in [0.5, 0.6) is 0 Å². The molecule has 0 saturated heterocycles. The van der Waals surface area contributed by atoms with E-state index in [0.29, 0.717) is 12.5 Å². The van der Waals surface area contributed by atoms with E-state index in [1.807, 2.05) is 13.8 Å². The summed E-state index contributed by atoms with van der Waals surface area (Å²) in [6.45, 7) is 10.7. The predicted molar refractivity (Wildman–Crippen MR) is 81.2 cm³/mol. The Bertz CT molecular complexity index is 344. The monoisotopic (exact) mass is 282 g/mol. The lowest BCUT2D eigenvalue weighted by Crippen LogP contribution is -2.50. The minimum absolute atomic E-state index is 0.0264. The molecule has 2 N–H and O–H groups in total. The molecule has 0 bridgehead atoms. The fourth-order valence-electron chi connectivity index (χ4n) is 2.93. The highest BCUT2D eigenvalue weighted by Crippen LogP contribution is 2.41. The van der Waals surface area contributed by atoms with Crippen LogP contribution in [0.3, 0.4) is 0 Å². The molecule has 0 heterocycles. The highest BCUT2D eigenvalue weighted by atomic mass is 16.2. The number of hydrogen-bond donors (Lipinski definition) is 2. The fourth-order valence-corrected chi connectivity index (χ4v) is 2.93. The lowest BCUT2D eigenvalue weighted by Gasteiger charge is -2.38. The molecular weight excluding hydrogens is 252 g/mol. The van der Waals surface area contributed by atoms with E-state index in [1.165, 1.54) is 0 Å². The van der Waals surface area contributed by atoms with Gasteiger partial charge in [-0.1, -0.05) is 20.8 Å². The average Bonchev–Trinajstić information content (AvgIpc) is 2.39. The maximum absolute atomic E-state index is 12.4. The number of rotatable bonds is 5. The summed E-state index contributed by atoms with van der Waals surface area (Å²) in [5, 5.41) is 5.60. The number of nitrogens with one attached hydrogen (secondary N) is 2. The molecule has 1 fully saturated rings. The Morgan fingerprint density at radius 1 is 1.20 bits per heavy atom.